The molecule has 2 N–H and O–H groups in total. The fourth-order valence-corrected chi connectivity index (χ4v) is 2.16. The second-order valence-corrected chi connectivity index (χ2v) is 4.42. The highest BCUT2D eigenvalue weighted by atomic mass is 79.9. The average Bonchev–Trinajstić information content (AvgIpc) is 2.66. The van der Waals surface area contributed by atoms with Gasteiger partial charge in [0.15, 0.2) is 0 Å². The summed E-state index contributed by atoms with van der Waals surface area (Å²) in [6, 6.07) is 5.34. The van der Waals surface area contributed by atoms with Gasteiger partial charge in [0.1, 0.15) is 12.0 Å². The van der Waals surface area contributed by atoms with E-state index in [1.54, 1.807) is 22.9 Å². The first-order valence-corrected chi connectivity index (χ1v) is 5.54. The van der Waals surface area contributed by atoms with E-state index in [0.717, 1.165) is 10.2 Å². The largest absolute Gasteiger partial charge is 0.364 e. The number of rotatable bonds is 2. The summed E-state index contributed by atoms with van der Waals surface area (Å²) in [4.78, 5) is 14.8. The Bertz CT molecular complexity index is 553. The third-order valence-corrected chi connectivity index (χ3v) is 2.89. The zero-order valence-corrected chi connectivity index (χ0v) is 10.4. The van der Waals surface area contributed by atoms with Crippen LogP contribution in [0.2, 0.25) is 5.02 Å². The van der Waals surface area contributed by atoms with Gasteiger partial charge in [-0.3, -0.25) is 4.79 Å². The molecule has 82 valence electrons. The van der Waals surface area contributed by atoms with Crippen LogP contribution in [0.5, 0.6) is 0 Å². The number of hydrogen-bond acceptors (Lipinski definition) is 2. The number of nitrogens with two attached hydrogens (primary N) is 1. The molecule has 0 saturated heterocycles. The lowest BCUT2D eigenvalue weighted by molar-refractivity contribution is 0.0996. The topological polar surface area (TPSA) is 60.9 Å². The van der Waals surface area contributed by atoms with E-state index in [0.29, 0.717) is 5.02 Å². The van der Waals surface area contributed by atoms with Crippen molar-refractivity contribution in [2.24, 2.45) is 5.73 Å². The van der Waals surface area contributed by atoms with Gasteiger partial charge in [-0.05, 0) is 34.1 Å². The molecular formula is C10H7BrClN3O. The van der Waals surface area contributed by atoms with Crippen LogP contribution in [0, 0.1) is 0 Å². The summed E-state index contributed by atoms with van der Waals surface area (Å²) in [7, 11) is 0. The molecule has 0 bridgehead atoms. The molecule has 0 aliphatic heterocycles. The highest BCUT2D eigenvalue weighted by Crippen LogP contribution is 2.24. The second kappa shape index (κ2) is 4.27. The molecule has 0 fully saturated rings. The molecule has 0 unspecified atom stereocenters. The number of halogens is 2. The monoisotopic (exact) mass is 299 g/mol. The molecule has 2 aromatic rings. The molecule has 1 heterocycles. The van der Waals surface area contributed by atoms with Crippen molar-refractivity contribution in [1.82, 2.24) is 9.55 Å². The van der Waals surface area contributed by atoms with Crippen molar-refractivity contribution in [1.29, 1.82) is 0 Å². The molecule has 0 atom stereocenters. The highest BCUT2D eigenvalue weighted by Gasteiger charge is 2.08. The molecule has 0 radical (unpaired) electrons. The number of benzene rings is 1. The van der Waals surface area contributed by atoms with Gasteiger partial charge in [0.25, 0.3) is 5.91 Å². The van der Waals surface area contributed by atoms with Crippen LogP contribution in [-0.4, -0.2) is 15.5 Å². The summed E-state index contributed by atoms with van der Waals surface area (Å²) < 4.78 is 2.51. The number of imidazole rings is 1. The van der Waals surface area contributed by atoms with Crippen LogP contribution in [0.15, 0.2) is 35.2 Å². The van der Waals surface area contributed by atoms with E-state index in [9.17, 15) is 4.79 Å². The van der Waals surface area contributed by atoms with E-state index < -0.39 is 5.91 Å². The van der Waals surface area contributed by atoms with E-state index in [1.807, 2.05) is 6.07 Å². The molecule has 0 aliphatic rings. The third-order valence-electron chi connectivity index (χ3n) is 2.02. The van der Waals surface area contributed by atoms with Crippen LogP contribution in [0.1, 0.15) is 10.5 Å². The normalized spacial score (nSPS) is 10.4. The predicted octanol–water partition coefficient (Wildman–Crippen LogP) is 2.39. The van der Waals surface area contributed by atoms with Gasteiger partial charge in [0, 0.05) is 15.7 Å². The number of amides is 1. The quantitative estimate of drug-likeness (QED) is 0.925. The van der Waals surface area contributed by atoms with E-state index in [1.165, 1.54) is 6.33 Å². The first kappa shape index (κ1) is 11.2. The Kier molecular flexibility index (Phi) is 2.98. The maximum atomic E-state index is 10.9. The number of primary amides is 1. The fourth-order valence-electron chi connectivity index (χ4n) is 1.27. The Balaban J connectivity index is 2.46. The van der Waals surface area contributed by atoms with Gasteiger partial charge in [0.2, 0.25) is 0 Å². The summed E-state index contributed by atoms with van der Waals surface area (Å²) in [5, 5.41) is 0.630. The smallest absolute Gasteiger partial charge is 0.268 e. The average molecular weight is 301 g/mol. The number of aromatic nitrogens is 2. The lowest BCUT2D eigenvalue weighted by Gasteiger charge is -2.04. The molecule has 4 nitrogen and oxygen atoms in total. The SMILES string of the molecule is NC(=O)c1cn(-c2ccc(Cl)cc2Br)cn1. The van der Waals surface area contributed by atoms with Crippen molar-refractivity contribution in [3.8, 4) is 5.69 Å². The molecule has 16 heavy (non-hydrogen) atoms. The maximum Gasteiger partial charge on any atom is 0.268 e. The third kappa shape index (κ3) is 2.10. The van der Waals surface area contributed by atoms with E-state index >= 15 is 0 Å². The van der Waals surface area contributed by atoms with E-state index in [4.69, 9.17) is 17.3 Å². The molecule has 1 aromatic heterocycles. The highest BCUT2D eigenvalue weighted by molar-refractivity contribution is 9.10. The Morgan fingerprint density at radius 3 is 2.81 bits per heavy atom. The van der Waals surface area contributed by atoms with Crippen LogP contribution < -0.4 is 5.73 Å². The number of carbonyl (C=O) groups is 1. The molecular weight excluding hydrogens is 293 g/mol. The van der Waals surface area contributed by atoms with Crippen molar-refractivity contribution >= 4 is 33.4 Å². The summed E-state index contributed by atoms with van der Waals surface area (Å²) in [6.07, 6.45) is 3.09. The number of carbonyl (C=O) groups excluding carboxylic acids is 1. The Labute approximate surface area is 105 Å². The first-order valence-electron chi connectivity index (χ1n) is 4.37. The Morgan fingerprint density at radius 2 is 2.25 bits per heavy atom. The Hall–Kier alpha value is -1.33. The van der Waals surface area contributed by atoms with Gasteiger partial charge in [-0.15, -0.1) is 0 Å². The number of hydrogen-bond donors (Lipinski definition) is 1. The standard InChI is InChI=1S/C10H7BrClN3O/c11-7-3-6(12)1-2-9(7)15-4-8(10(13)16)14-5-15/h1-5H,(H2,13,16). The zero-order chi connectivity index (χ0) is 11.7. The predicted molar refractivity (Wildman–Crippen MR) is 64.8 cm³/mol. The molecule has 1 amide bonds. The van der Waals surface area contributed by atoms with Gasteiger partial charge in [0.05, 0.1) is 5.69 Å². The van der Waals surface area contributed by atoms with Crippen molar-refractivity contribution in [2.75, 3.05) is 0 Å². The van der Waals surface area contributed by atoms with Crippen LogP contribution in [0.4, 0.5) is 0 Å². The van der Waals surface area contributed by atoms with Crippen molar-refractivity contribution < 1.29 is 4.79 Å². The second-order valence-electron chi connectivity index (χ2n) is 3.13. The molecule has 1 aromatic carbocycles. The minimum atomic E-state index is -0.552. The minimum Gasteiger partial charge on any atom is -0.364 e. The summed E-state index contributed by atoms with van der Waals surface area (Å²) in [5.41, 5.74) is 6.18. The van der Waals surface area contributed by atoms with E-state index in [2.05, 4.69) is 20.9 Å². The van der Waals surface area contributed by atoms with Gasteiger partial charge in [-0.25, -0.2) is 4.98 Å². The summed E-state index contributed by atoms with van der Waals surface area (Å²) in [6.45, 7) is 0. The van der Waals surface area contributed by atoms with Gasteiger partial charge >= 0.3 is 0 Å². The maximum absolute atomic E-state index is 10.9. The lowest BCUT2D eigenvalue weighted by Crippen LogP contribution is -2.11. The molecule has 0 saturated carbocycles. The molecule has 0 aliphatic carbocycles. The van der Waals surface area contributed by atoms with Crippen LogP contribution in [0.3, 0.4) is 0 Å². The first-order chi connectivity index (χ1) is 7.58. The van der Waals surface area contributed by atoms with Crippen molar-refractivity contribution in [3.05, 3.63) is 45.9 Å². The molecule has 6 heteroatoms. The summed E-state index contributed by atoms with van der Waals surface area (Å²) >= 11 is 9.21. The fraction of sp³-hybridized carbons (Fsp3) is 0. The zero-order valence-electron chi connectivity index (χ0n) is 8.02. The van der Waals surface area contributed by atoms with Gasteiger partial charge in [-0.1, -0.05) is 11.6 Å². The summed E-state index contributed by atoms with van der Waals surface area (Å²) in [5.74, 6) is -0.552. The minimum absolute atomic E-state index is 0.224. The molecule has 2 rings (SSSR count). The van der Waals surface area contributed by atoms with Crippen molar-refractivity contribution in [3.63, 3.8) is 0 Å². The lowest BCUT2D eigenvalue weighted by atomic mass is 10.3. The van der Waals surface area contributed by atoms with E-state index in [-0.39, 0.29) is 5.69 Å². The number of nitrogens with zero attached hydrogens (tertiary/aromatic N) is 2. The van der Waals surface area contributed by atoms with Crippen LogP contribution in [0.25, 0.3) is 5.69 Å². The van der Waals surface area contributed by atoms with Crippen LogP contribution >= 0.6 is 27.5 Å². The van der Waals surface area contributed by atoms with Gasteiger partial charge < -0.3 is 10.3 Å². The molecule has 0 spiro atoms. The Morgan fingerprint density at radius 1 is 1.50 bits per heavy atom. The van der Waals surface area contributed by atoms with Gasteiger partial charge in [-0.2, -0.15) is 0 Å². The van der Waals surface area contributed by atoms with Crippen molar-refractivity contribution in [2.45, 2.75) is 0 Å². The van der Waals surface area contributed by atoms with Crippen LogP contribution in [-0.2, 0) is 0 Å².